The third-order valence-corrected chi connectivity index (χ3v) is 10.5. The predicted molar refractivity (Wildman–Crippen MR) is 224 cm³/mol. The number of aliphatic hydroxyl groups is 1. The normalized spacial score (nSPS) is 14.8. The van der Waals surface area contributed by atoms with Crippen LogP contribution in [0.1, 0.15) is 187 Å². The molecule has 0 aromatic rings. The van der Waals surface area contributed by atoms with Gasteiger partial charge in [-0.2, -0.15) is 0 Å². The van der Waals surface area contributed by atoms with Crippen molar-refractivity contribution in [3.63, 3.8) is 0 Å². The highest BCUT2D eigenvalue weighted by atomic mass is 31.2. The molecule has 312 valence electrons. The second kappa shape index (κ2) is 36.4. The minimum absolute atomic E-state index is 0.00811. The lowest BCUT2D eigenvalue weighted by Crippen LogP contribution is -2.45. The van der Waals surface area contributed by atoms with Crippen molar-refractivity contribution in [1.29, 1.82) is 0 Å². The Bertz CT molecular complexity index is 964. The lowest BCUT2D eigenvalue weighted by atomic mass is 10.0. The van der Waals surface area contributed by atoms with Crippen LogP contribution in [0.3, 0.4) is 0 Å². The molecule has 0 rings (SSSR count). The van der Waals surface area contributed by atoms with E-state index >= 15 is 0 Å². The number of hydrogen-bond donors (Lipinski definition) is 2. The van der Waals surface area contributed by atoms with Crippen LogP contribution in [0.25, 0.3) is 0 Å². The second-order valence-electron chi connectivity index (χ2n) is 16.0. The molecule has 0 heterocycles. The Hall–Kier alpha value is -1.28. The number of carbonyl (C=O) groups is 1. The zero-order valence-electron chi connectivity index (χ0n) is 35.2. The quantitative estimate of drug-likeness (QED) is 0.0279. The van der Waals surface area contributed by atoms with Gasteiger partial charge in [-0.15, -0.1) is 0 Å². The molecule has 0 aliphatic carbocycles. The number of quaternary nitrogens is 1. The maximum absolute atomic E-state index is 12.8. The molecule has 3 atom stereocenters. The first kappa shape index (κ1) is 51.7. The Labute approximate surface area is 327 Å². The number of hydrogen-bond acceptors (Lipinski definition) is 6. The second-order valence-corrected chi connectivity index (χ2v) is 17.4. The Morgan fingerprint density at radius 2 is 1.08 bits per heavy atom. The van der Waals surface area contributed by atoms with Crippen molar-refractivity contribution < 1.29 is 32.9 Å². The predicted octanol–water partition coefficient (Wildman–Crippen LogP) is 11.3. The van der Waals surface area contributed by atoms with Gasteiger partial charge < -0.3 is 28.8 Å². The van der Waals surface area contributed by atoms with E-state index in [0.29, 0.717) is 17.4 Å². The number of amides is 1. The van der Waals surface area contributed by atoms with Crippen molar-refractivity contribution in [1.82, 2.24) is 5.32 Å². The van der Waals surface area contributed by atoms with Crippen molar-refractivity contribution in [2.75, 3.05) is 40.9 Å². The number of likely N-dealkylation sites (N-methyl/N-ethyl adjacent to an activating group) is 1. The molecular formula is C44H85N2O6P. The van der Waals surface area contributed by atoms with E-state index in [0.717, 1.165) is 64.2 Å². The summed E-state index contributed by atoms with van der Waals surface area (Å²) in [5.41, 5.74) is 0. The summed E-state index contributed by atoms with van der Waals surface area (Å²) in [4.78, 5) is 25.2. The Morgan fingerprint density at radius 1 is 0.642 bits per heavy atom. The van der Waals surface area contributed by atoms with Gasteiger partial charge in [0.05, 0.1) is 39.9 Å². The van der Waals surface area contributed by atoms with E-state index in [1.165, 1.54) is 103 Å². The number of rotatable bonds is 39. The molecule has 1 amide bonds. The molecule has 0 saturated carbocycles. The van der Waals surface area contributed by atoms with Crippen molar-refractivity contribution in [2.45, 2.75) is 199 Å². The lowest BCUT2D eigenvalue weighted by molar-refractivity contribution is -0.870. The van der Waals surface area contributed by atoms with Gasteiger partial charge in [0.1, 0.15) is 13.2 Å². The van der Waals surface area contributed by atoms with Crippen molar-refractivity contribution >= 4 is 13.7 Å². The van der Waals surface area contributed by atoms with Gasteiger partial charge in [-0.05, 0) is 51.4 Å². The Kier molecular flexibility index (Phi) is 35.5. The van der Waals surface area contributed by atoms with E-state index in [1.807, 2.05) is 27.2 Å². The number of allylic oxidation sites excluding steroid dienone is 5. The maximum Gasteiger partial charge on any atom is 0.268 e. The van der Waals surface area contributed by atoms with Crippen LogP contribution in [0.5, 0.6) is 0 Å². The van der Waals surface area contributed by atoms with Gasteiger partial charge >= 0.3 is 0 Å². The van der Waals surface area contributed by atoms with Crippen LogP contribution >= 0.6 is 7.82 Å². The van der Waals surface area contributed by atoms with E-state index < -0.39 is 26.6 Å². The molecule has 0 bridgehead atoms. The zero-order valence-corrected chi connectivity index (χ0v) is 36.1. The lowest BCUT2D eigenvalue weighted by Gasteiger charge is -2.29. The van der Waals surface area contributed by atoms with Crippen LogP contribution in [-0.4, -0.2) is 68.5 Å². The van der Waals surface area contributed by atoms with Crippen LogP contribution in [0, 0.1) is 0 Å². The summed E-state index contributed by atoms with van der Waals surface area (Å²) in [6, 6.07) is -0.904. The first-order chi connectivity index (χ1) is 25.5. The molecule has 0 saturated heterocycles. The summed E-state index contributed by atoms with van der Waals surface area (Å²) in [5, 5.41) is 13.7. The summed E-state index contributed by atoms with van der Waals surface area (Å²) in [6.45, 7) is 4.57. The minimum Gasteiger partial charge on any atom is -0.756 e. The van der Waals surface area contributed by atoms with Crippen LogP contribution in [-0.2, 0) is 18.4 Å². The summed E-state index contributed by atoms with van der Waals surface area (Å²) in [6.07, 6.45) is 43.4. The Balaban J connectivity index is 4.44. The fourth-order valence-corrected chi connectivity index (χ4v) is 6.75. The first-order valence-corrected chi connectivity index (χ1v) is 23.3. The standard InChI is InChI=1S/C44H85N2O6P/c1-6-8-10-12-14-16-18-19-20-21-22-23-24-25-26-28-29-31-33-35-37-43(47)42(41-52-53(49,50)51-40-39-46(3,4)5)45-44(48)38-36-34-32-30-27-17-15-13-11-9-7-2/h13,15,28-29,35,37,42-43,47H,6-12,14,16-27,30-34,36,38-41H2,1-5H3,(H-,45,48,49,50)/b15-13-,29-28+,37-35+. The van der Waals surface area contributed by atoms with Gasteiger partial charge in [-0.25, -0.2) is 0 Å². The smallest absolute Gasteiger partial charge is 0.268 e. The molecule has 0 aliphatic rings. The van der Waals surface area contributed by atoms with Crippen LogP contribution in [0.4, 0.5) is 0 Å². The number of nitrogens with one attached hydrogen (secondary N) is 1. The monoisotopic (exact) mass is 769 g/mol. The zero-order chi connectivity index (χ0) is 39.3. The van der Waals surface area contributed by atoms with Crippen molar-refractivity contribution in [3.8, 4) is 0 Å². The SMILES string of the molecule is CCCC/C=C\CCCCCCCC(=O)NC(COP(=O)([O-])OCC[N+](C)(C)C)C(O)/C=C/CC/C=C/CCCCCCCCCCCCCCCC. The highest BCUT2D eigenvalue weighted by Gasteiger charge is 2.23. The van der Waals surface area contributed by atoms with E-state index in [9.17, 15) is 19.4 Å². The summed E-state index contributed by atoms with van der Waals surface area (Å²) in [5.74, 6) is -0.219. The fraction of sp³-hybridized carbons (Fsp3) is 0.841. The van der Waals surface area contributed by atoms with Gasteiger partial charge in [-0.1, -0.05) is 166 Å². The third-order valence-electron chi connectivity index (χ3n) is 9.57. The highest BCUT2D eigenvalue weighted by Crippen LogP contribution is 2.38. The maximum atomic E-state index is 12.8. The molecule has 0 aromatic heterocycles. The van der Waals surface area contributed by atoms with Crippen LogP contribution < -0.4 is 10.2 Å². The van der Waals surface area contributed by atoms with E-state index in [2.05, 4.69) is 43.5 Å². The minimum atomic E-state index is -4.59. The van der Waals surface area contributed by atoms with Gasteiger partial charge in [0.15, 0.2) is 0 Å². The molecule has 2 N–H and O–H groups in total. The fourth-order valence-electron chi connectivity index (χ4n) is 6.03. The van der Waals surface area contributed by atoms with E-state index in [4.69, 9.17) is 9.05 Å². The van der Waals surface area contributed by atoms with E-state index in [1.54, 1.807) is 6.08 Å². The summed E-state index contributed by atoms with van der Waals surface area (Å²) < 4.78 is 23.1. The van der Waals surface area contributed by atoms with Crippen LogP contribution in [0.15, 0.2) is 36.5 Å². The molecule has 3 unspecified atom stereocenters. The molecule has 9 heteroatoms. The Morgan fingerprint density at radius 3 is 1.58 bits per heavy atom. The van der Waals surface area contributed by atoms with Gasteiger partial charge in [0.2, 0.25) is 5.91 Å². The van der Waals surface area contributed by atoms with Crippen molar-refractivity contribution in [3.05, 3.63) is 36.5 Å². The molecule has 0 aromatic carbocycles. The van der Waals surface area contributed by atoms with Gasteiger partial charge in [0.25, 0.3) is 7.82 Å². The number of carbonyl (C=O) groups excluding carboxylic acids is 1. The molecule has 8 nitrogen and oxygen atoms in total. The number of phosphoric acid groups is 1. The number of aliphatic hydroxyl groups excluding tert-OH is 1. The van der Waals surface area contributed by atoms with Crippen molar-refractivity contribution in [2.24, 2.45) is 0 Å². The van der Waals surface area contributed by atoms with E-state index in [-0.39, 0.29) is 12.5 Å². The van der Waals surface area contributed by atoms with Gasteiger partial charge in [0, 0.05) is 6.42 Å². The molecule has 53 heavy (non-hydrogen) atoms. The highest BCUT2D eigenvalue weighted by molar-refractivity contribution is 7.45. The average molecular weight is 769 g/mol. The van der Waals surface area contributed by atoms with Gasteiger partial charge in [-0.3, -0.25) is 9.36 Å². The summed E-state index contributed by atoms with van der Waals surface area (Å²) >= 11 is 0. The number of phosphoric ester groups is 1. The summed E-state index contributed by atoms with van der Waals surface area (Å²) in [7, 11) is 1.24. The molecule has 0 spiro atoms. The first-order valence-electron chi connectivity index (χ1n) is 21.9. The topological polar surface area (TPSA) is 108 Å². The number of nitrogens with zero attached hydrogens (tertiary/aromatic N) is 1. The average Bonchev–Trinajstić information content (AvgIpc) is 3.10. The molecular weight excluding hydrogens is 683 g/mol. The third kappa shape index (κ3) is 38.8. The number of unbranched alkanes of at least 4 members (excludes halogenated alkanes) is 22. The van der Waals surface area contributed by atoms with Crippen LogP contribution in [0.2, 0.25) is 0 Å². The largest absolute Gasteiger partial charge is 0.756 e. The molecule has 0 fully saturated rings. The molecule has 0 radical (unpaired) electrons. The molecule has 0 aliphatic heterocycles.